The number of aromatic nitrogens is 3. The molecule has 0 atom stereocenters. The van der Waals surface area contributed by atoms with Gasteiger partial charge < -0.3 is 14.2 Å². The zero-order chi connectivity index (χ0) is 18.8. The molecule has 8 heteroatoms. The number of carbonyl (C=O) groups is 1. The molecule has 27 heavy (non-hydrogen) atoms. The van der Waals surface area contributed by atoms with Gasteiger partial charge in [-0.15, -0.1) is 0 Å². The highest BCUT2D eigenvalue weighted by molar-refractivity contribution is 5.93. The Morgan fingerprint density at radius 1 is 1.15 bits per heavy atom. The predicted molar refractivity (Wildman–Crippen MR) is 101 cm³/mol. The van der Waals surface area contributed by atoms with Gasteiger partial charge in [0.1, 0.15) is 11.2 Å². The second-order valence-electron chi connectivity index (χ2n) is 7.35. The summed E-state index contributed by atoms with van der Waals surface area (Å²) in [6, 6.07) is 0.721. The van der Waals surface area contributed by atoms with E-state index in [0.717, 1.165) is 49.1 Å². The van der Waals surface area contributed by atoms with Crippen LogP contribution in [-0.4, -0.2) is 64.8 Å². The molecule has 4 rings (SSSR count). The fraction of sp³-hybridized carbons (Fsp3) is 0.684. The van der Waals surface area contributed by atoms with E-state index in [9.17, 15) is 4.79 Å². The topological polar surface area (TPSA) is 84.6 Å². The fourth-order valence-corrected chi connectivity index (χ4v) is 4.23. The monoisotopic (exact) mass is 373 g/mol. The first kappa shape index (κ1) is 18.2. The summed E-state index contributed by atoms with van der Waals surface area (Å²) in [5.74, 6) is 0.228. The molecule has 2 aliphatic rings. The van der Waals surface area contributed by atoms with Crippen LogP contribution in [0.5, 0.6) is 0 Å². The Balaban J connectivity index is 1.57. The van der Waals surface area contributed by atoms with Crippen molar-refractivity contribution in [3.05, 3.63) is 11.5 Å². The van der Waals surface area contributed by atoms with Crippen molar-refractivity contribution < 1.29 is 14.1 Å². The number of ether oxygens (including phenoxy) is 1. The van der Waals surface area contributed by atoms with E-state index in [2.05, 4.69) is 24.9 Å². The lowest BCUT2D eigenvalue weighted by Gasteiger charge is -2.41. The van der Waals surface area contributed by atoms with E-state index in [1.54, 1.807) is 6.92 Å². The standard InChI is InChI=1S/C19H27N5O3/c1-3-26-19(25)16-20-17(15-13(2)22-27-18(15)21-16)24-11-9-23(10-12-24)14-7-5-4-6-8-14/h14H,3-12H2,1-2H3. The number of aryl methyl sites for hydroxylation is 1. The first-order valence-electron chi connectivity index (χ1n) is 9.97. The number of hydrogen-bond donors (Lipinski definition) is 0. The van der Waals surface area contributed by atoms with Crippen molar-refractivity contribution in [2.24, 2.45) is 0 Å². The zero-order valence-corrected chi connectivity index (χ0v) is 16.1. The minimum atomic E-state index is -0.532. The predicted octanol–water partition coefficient (Wildman–Crippen LogP) is 2.56. The summed E-state index contributed by atoms with van der Waals surface area (Å²) >= 11 is 0. The molecule has 0 spiro atoms. The van der Waals surface area contributed by atoms with Crippen LogP contribution < -0.4 is 4.90 Å². The number of anilines is 1. The molecule has 0 N–H and O–H groups in total. The summed E-state index contributed by atoms with van der Waals surface area (Å²) in [7, 11) is 0. The van der Waals surface area contributed by atoms with Crippen molar-refractivity contribution in [2.75, 3.05) is 37.7 Å². The molecule has 2 aromatic rings. The van der Waals surface area contributed by atoms with E-state index in [4.69, 9.17) is 9.26 Å². The number of rotatable bonds is 4. The van der Waals surface area contributed by atoms with E-state index in [0.29, 0.717) is 5.71 Å². The molecule has 0 unspecified atom stereocenters. The molecule has 0 amide bonds. The van der Waals surface area contributed by atoms with Gasteiger partial charge in [-0.05, 0) is 26.7 Å². The highest BCUT2D eigenvalue weighted by Gasteiger charge is 2.28. The van der Waals surface area contributed by atoms with Gasteiger partial charge >= 0.3 is 5.97 Å². The van der Waals surface area contributed by atoms with Crippen molar-refractivity contribution in [3.63, 3.8) is 0 Å². The Morgan fingerprint density at radius 2 is 1.89 bits per heavy atom. The quantitative estimate of drug-likeness (QED) is 0.756. The Bertz CT molecular complexity index is 807. The van der Waals surface area contributed by atoms with E-state index >= 15 is 0 Å². The maximum absolute atomic E-state index is 12.2. The Kier molecular flexibility index (Phi) is 5.24. The first-order chi connectivity index (χ1) is 13.2. The molecule has 2 fully saturated rings. The SMILES string of the molecule is CCOC(=O)c1nc(N2CCN(C3CCCCC3)CC2)c2c(C)noc2n1. The van der Waals surface area contributed by atoms with E-state index in [-0.39, 0.29) is 12.4 Å². The summed E-state index contributed by atoms with van der Waals surface area (Å²) in [5.41, 5.74) is 1.08. The normalized spacial score (nSPS) is 19.6. The van der Waals surface area contributed by atoms with Gasteiger partial charge in [0.2, 0.25) is 5.82 Å². The highest BCUT2D eigenvalue weighted by atomic mass is 16.5. The first-order valence-corrected chi connectivity index (χ1v) is 9.97. The van der Waals surface area contributed by atoms with Crippen LogP contribution in [0.25, 0.3) is 11.1 Å². The third kappa shape index (κ3) is 3.63. The van der Waals surface area contributed by atoms with Crippen molar-refractivity contribution in [2.45, 2.75) is 52.0 Å². The lowest BCUT2D eigenvalue weighted by Crippen LogP contribution is -2.51. The third-order valence-electron chi connectivity index (χ3n) is 5.65. The average molecular weight is 373 g/mol. The molecular weight excluding hydrogens is 346 g/mol. The summed E-state index contributed by atoms with van der Waals surface area (Å²) < 4.78 is 10.4. The van der Waals surface area contributed by atoms with Gasteiger partial charge in [-0.3, -0.25) is 4.90 Å². The second kappa shape index (κ2) is 7.80. The van der Waals surface area contributed by atoms with Crippen LogP contribution in [0.1, 0.15) is 55.3 Å². The Morgan fingerprint density at radius 3 is 2.59 bits per heavy atom. The maximum atomic E-state index is 12.2. The van der Waals surface area contributed by atoms with Gasteiger partial charge in [0.05, 0.1) is 12.3 Å². The number of fused-ring (bicyclic) bond motifs is 1. The Hall–Kier alpha value is -2.22. The van der Waals surface area contributed by atoms with Gasteiger partial charge in [0.15, 0.2) is 0 Å². The summed E-state index contributed by atoms with van der Waals surface area (Å²) in [6.07, 6.45) is 6.70. The van der Waals surface area contributed by atoms with Crippen LogP contribution in [0.2, 0.25) is 0 Å². The van der Waals surface area contributed by atoms with Gasteiger partial charge in [-0.1, -0.05) is 24.4 Å². The molecule has 3 heterocycles. The summed E-state index contributed by atoms with van der Waals surface area (Å²) in [6.45, 7) is 7.68. The molecular formula is C19H27N5O3. The van der Waals surface area contributed by atoms with Gasteiger partial charge in [0.25, 0.3) is 5.71 Å². The lowest BCUT2D eigenvalue weighted by molar-refractivity contribution is 0.0512. The molecule has 1 aliphatic carbocycles. The number of hydrogen-bond acceptors (Lipinski definition) is 8. The third-order valence-corrected chi connectivity index (χ3v) is 5.65. The van der Waals surface area contributed by atoms with Gasteiger partial charge in [-0.2, -0.15) is 4.98 Å². The summed E-state index contributed by atoms with van der Waals surface area (Å²) in [5, 5.41) is 4.81. The van der Waals surface area contributed by atoms with Crippen LogP contribution >= 0.6 is 0 Å². The number of nitrogens with zero attached hydrogens (tertiary/aromatic N) is 5. The van der Waals surface area contributed by atoms with Crippen LogP contribution in [0.4, 0.5) is 5.82 Å². The molecule has 2 aromatic heterocycles. The fourth-order valence-electron chi connectivity index (χ4n) is 4.23. The molecule has 146 valence electrons. The molecule has 8 nitrogen and oxygen atoms in total. The van der Waals surface area contributed by atoms with Crippen molar-refractivity contribution in [1.82, 2.24) is 20.0 Å². The van der Waals surface area contributed by atoms with Crippen molar-refractivity contribution >= 4 is 22.9 Å². The number of esters is 1. The highest BCUT2D eigenvalue weighted by Crippen LogP contribution is 2.29. The minimum absolute atomic E-state index is 0.0326. The maximum Gasteiger partial charge on any atom is 0.376 e. The lowest BCUT2D eigenvalue weighted by atomic mass is 9.94. The van der Waals surface area contributed by atoms with Gasteiger partial charge in [-0.25, -0.2) is 9.78 Å². The Labute approximate surface area is 158 Å². The second-order valence-corrected chi connectivity index (χ2v) is 7.35. The number of piperazine rings is 1. The van der Waals surface area contributed by atoms with Gasteiger partial charge in [0, 0.05) is 32.2 Å². The summed E-state index contributed by atoms with van der Waals surface area (Å²) in [4.78, 5) is 25.7. The van der Waals surface area contributed by atoms with Crippen molar-refractivity contribution in [3.8, 4) is 0 Å². The van der Waals surface area contributed by atoms with E-state index in [1.165, 1.54) is 32.1 Å². The molecule has 1 saturated carbocycles. The molecule has 0 aromatic carbocycles. The van der Waals surface area contributed by atoms with Crippen LogP contribution in [-0.2, 0) is 4.74 Å². The van der Waals surface area contributed by atoms with Crippen LogP contribution in [0.3, 0.4) is 0 Å². The average Bonchev–Trinajstić information content (AvgIpc) is 3.09. The molecule has 0 radical (unpaired) electrons. The molecule has 0 bridgehead atoms. The number of carbonyl (C=O) groups excluding carboxylic acids is 1. The zero-order valence-electron chi connectivity index (χ0n) is 16.1. The van der Waals surface area contributed by atoms with E-state index < -0.39 is 5.97 Å². The van der Waals surface area contributed by atoms with Crippen LogP contribution in [0.15, 0.2) is 4.52 Å². The smallest absolute Gasteiger partial charge is 0.376 e. The molecule has 1 aliphatic heterocycles. The van der Waals surface area contributed by atoms with Crippen LogP contribution in [0, 0.1) is 6.92 Å². The largest absolute Gasteiger partial charge is 0.460 e. The molecule has 1 saturated heterocycles. The minimum Gasteiger partial charge on any atom is -0.460 e. The van der Waals surface area contributed by atoms with E-state index in [1.807, 2.05) is 6.92 Å². The van der Waals surface area contributed by atoms with Crippen molar-refractivity contribution in [1.29, 1.82) is 0 Å².